The maximum absolute atomic E-state index is 5.18. The first kappa shape index (κ1) is 17.0. The van der Waals surface area contributed by atoms with E-state index in [0.29, 0.717) is 5.92 Å². The highest BCUT2D eigenvalue weighted by Crippen LogP contribution is 2.29. The van der Waals surface area contributed by atoms with Crippen LogP contribution in [0.4, 0.5) is 0 Å². The van der Waals surface area contributed by atoms with E-state index in [0.717, 1.165) is 62.8 Å². The first-order valence-corrected chi connectivity index (χ1v) is 8.80. The quantitative estimate of drug-likeness (QED) is 0.815. The number of piperidine rings is 1. The molecule has 0 saturated carbocycles. The normalized spacial score (nSPS) is 16.6. The molecule has 1 fully saturated rings. The Kier molecular flexibility index (Phi) is 5.58. The van der Waals surface area contributed by atoms with E-state index in [2.05, 4.69) is 28.0 Å². The van der Waals surface area contributed by atoms with Crippen molar-refractivity contribution >= 4 is 0 Å². The molecule has 1 aliphatic heterocycles. The third-order valence-electron chi connectivity index (χ3n) is 4.75. The Bertz CT molecular complexity index is 661. The summed E-state index contributed by atoms with van der Waals surface area (Å²) in [5.74, 6) is 1.36. The summed E-state index contributed by atoms with van der Waals surface area (Å²) >= 11 is 0. The molecule has 0 atom stereocenters. The number of aromatic nitrogens is 4. The van der Waals surface area contributed by atoms with Gasteiger partial charge in [-0.1, -0.05) is 0 Å². The Morgan fingerprint density at radius 3 is 2.75 bits per heavy atom. The van der Waals surface area contributed by atoms with Crippen LogP contribution in [0.25, 0.3) is 11.4 Å². The molecule has 0 aliphatic carbocycles. The van der Waals surface area contributed by atoms with Crippen LogP contribution >= 0.6 is 0 Å². The van der Waals surface area contributed by atoms with Crippen LogP contribution in [0.15, 0.2) is 18.3 Å². The lowest BCUT2D eigenvalue weighted by atomic mass is 9.92. The van der Waals surface area contributed by atoms with Gasteiger partial charge >= 0.3 is 0 Å². The van der Waals surface area contributed by atoms with E-state index in [1.165, 1.54) is 5.69 Å². The summed E-state index contributed by atoms with van der Waals surface area (Å²) in [6.07, 6.45) is 4.13. The van der Waals surface area contributed by atoms with Crippen LogP contribution in [0.2, 0.25) is 0 Å². The van der Waals surface area contributed by atoms with Crippen molar-refractivity contribution < 1.29 is 4.74 Å². The number of likely N-dealkylation sites (tertiary alicyclic amines) is 1. The van der Waals surface area contributed by atoms with Crippen molar-refractivity contribution in [1.82, 2.24) is 24.6 Å². The largest absolute Gasteiger partial charge is 0.383 e. The zero-order valence-corrected chi connectivity index (χ0v) is 14.9. The summed E-state index contributed by atoms with van der Waals surface area (Å²) in [6.45, 7) is 8.97. The second-order valence-electron chi connectivity index (χ2n) is 6.37. The Hall–Kier alpha value is -1.79. The van der Waals surface area contributed by atoms with Gasteiger partial charge in [-0.15, -0.1) is 0 Å². The molecule has 2 aromatic heterocycles. The molecule has 0 unspecified atom stereocenters. The van der Waals surface area contributed by atoms with Crippen LogP contribution in [-0.4, -0.2) is 58.0 Å². The van der Waals surface area contributed by atoms with Crippen molar-refractivity contribution in [2.24, 2.45) is 0 Å². The SMILES string of the molecule is CCn1nccc1-c1cc(C2CCN(CCOC)CC2)nc(C)n1. The summed E-state index contributed by atoms with van der Waals surface area (Å²) < 4.78 is 7.17. The van der Waals surface area contributed by atoms with Crippen LogP contribution in [0.5, 0.6) is 0 Å². The number of rotatable bonds is 6. The molecule has 0 aromatic carbocycles. The lowest BCUT2D eigenvalue weighted by Crippen LogP contribution is -2.35. The van der Waals surface area contributed by atoms with Gasteiger partial charge in [-0.3, -0.25) is 4.68 Å². The molecular weight excluding hydrogens is 302 g/mol. The zero-order valence-electron chi connectivity index (χ0n) is 14.9. The molecule has 2 aromatic rings. The fraction of sp³-hybridized carbons (Fsp3) is 0.611. The monoisotopic (exact) mass is 329 g/mol. The zero-order chi connectivity index (χ0) is 16.9. The highest BCUT2D eigenvalue weighted by atomic mass is 16.5. The summed E-state index contributed by atoms with van der Waals surface area (Å²) in [5.41, 5.74) is 3.23. The summed E-state index contributed by atoms with van der Waals surface area (Å²) in [5, 5.41) is 4.36. The molecule has 0 bridgehead atoms. The molecule has 6 heteroatoms. The van der Waals surface area contributed by atoms with Crippen LogP contribution in [0.3, 0.4) is 0 Å². The van der Waals surface area contributed by atoms with Gasteiger partial charge in [0.1, 0.15) is 5.82 Å². The average Bonchev–Trinajstić information content (AvgIpc) is 3.08. The van der Waals surface area contributed by atoms with Gasteiger partial charge in [0.15, 0.2) is 0 Å². The molecule has 0 amide bonds. The second-order valence-corrected chi connectivity index (χ2v) is 6.37. The molecule has 0 spiro atoms. The lowest BCUT2D eigenvalue weighted by Gasteiger charge is -2.31. The maximum Gasteiger partial charge on any atom is 0.126 e. The van der Waals surface area contributed by atoms with Gasteiger partial charge in [-0.05, 0) is 51.9 Å². The van der Waals surface area contributed by atoms with Crippen molar-refractivity contribution in [2.75, 3.05) is 33.4 Å². The minimum Gasteiger partial charge on any atom is -0.383 e. The summed E-state index contributed by atoms with van der Waals surface area (Å²) in [7, 11) is 1.76. The first-order chi connectivity index (χ1) is 11.7. The number of hydrogen-bond donors (Lipinski definition) is 0. The smallest absolute Gasteiger partial charge is 0.126 e. The first-order valence-electron chi connectivity index (χ1n) is 8.80. The summed E-state index contributed by atoms with van der Waals surface area (Å²) in [6, 6.07) is 4.19. The molecule has 0 N–H and O–H groups in total. The molecule has 3 rings (SSSR count). The number of hydrogen-bond acceptors (Lipinski definition) is 5. The molecule has 130 valence electrons. The van der Waals surface area contributed by atoms with Gasteiger partial charge in [0, 0.05) is 38.0 Å². The number of aryl methyl sites for hydroxylation is 2. The highest BCUT2D eigenvalue weighted by Gasteiger charge is 2.22. The van der Waals surface area contributed by atoms with Crippen LogP contribution in [0, 0.1) is 6.92 Å². The van der Waals surface area contributed by atoms with Crippen molar-refractivity contribution in [1.29, 1.82) is 0 Å². The summed E-state index contributed by atoms with van der Waals surface area (Å²) in [4.78, 5) is 11.8. The number of ether oxygens (including phenoxy) is 1. The van der Waals surface area contributed by atoms with Gasteiger partial charge in [0.2, 0.25) is 0 Å². The van der Waals surface area contributed by atoms with Gasteiger partial charge in [0.25, 0.3) is 0 Å². The van der Waals surface area contributed by atoms with Gasteiger partial charge < -0.3 is 9.64 Å². The average molecular weight is 329 g/mol. The Balaban J connectivity index is 1.75. The van der Waals surface area contributed by atoms with E-state index in [-0.39, 0.29) is 0 Å². The maximum atomic E-state index is 5.18. The van der Waals surface area contributed by atoms with Gasteiger partial charge in [-0.2, -0.15) is 5.10 Å². The predicted molar refractivity (Wildman–Crippen MR) is 94.0 cm³/mol. The van der Waals surface area contributed by atoms with Crippen molar-refractivity contribution in [3.63, 3.8) is 0 Å². The molecule has 3 heterocycles. The number of nitrogens with zero attached hydrogens (tertiary/aromatic N) is 5. The molecule has 0 radical (unpaired) electrons. The van der Waals surface area contributed by atoms with Crippen molar-refractivity contribution in [3.05, 3.63) is 29.8 Å². The fourth-order valence-corrected chi connectivity index (χ4v) is 3.41. The van der Waals surface area contributed by atoms with E-state index in [4.69, 9.17) is 9.72 Å². The molecular formula is C18H27N5O. The molecule has 1 saturated heterocycles. The minimum atomic E-state index is 0.516. The second kappa shape index (κ2) is 7.85. The van der Waals surface area contributed by atoms with Crippen molar-refractivity contribution in [3.8, 4) is 11.4 Å². The van der Waals surface area contributed by atoms with Gasteiger partial charge in [0.05, 0.1) is 18.0 Å². The third kappa shape index (κ3) is 3.82. The Morgan fingerprint density at radius 2 is 2.04 bits per heavy atom. The van der Waals surface area contributed by atoms with Crippen LogP contribution in [-0.2, 0) is 11.3 Å². The van der Waals surface area contributed by atoms with Crippen LogP contribution < -0.4 is 0 Å². The van der Waals surface area contributed by atoms with E-state index in [9.17, 15) is 0 Å². The lowest BCUT2D eigenvalue weighted by molar-refractivity contribution is 0.130. The standard InChI is InChI=1S/C18H27N5O/c1-4-23-18(5-8-19-23)17-13-16(20-14(2)21-17)15-6-9-22(10-7-15)11-12-24-3/h5,8,13,15H,4,6-7,9-12H2,1-3H3. The topological polar surface area (TPSA) is 56.1 Å². The number of methoxy groups -OCH3 is 1. The van der Waals surface area contributed by atoms with E-state index in [1.807, 2.05) is 23.9 Å². The Morgan fingerprint density at radius 1 is 1.25 bits per heavy atom. The molecule has 6 nitrogen and oxygen atoms in total. The van der Waals surface area contributed by atoms with Crippen molar-refractivity contribution in [2.45, 2.75) is 39.2 Å². The molecule has 1 aliphatic rings. The third-order valence-corrected chi connectivity index (χ3v) is 4.75. The highest BCUT2D eigenvalue weighted by molar-refractivity contribution is 5.54. The van der Waals surface area contributed by atoms with E-state index >= 15 is 0 Å². The van der Waals surface area contributed by atoms with E-state index < -0.39 is 0 Å². The molecule has 24 heavy (non-hydrogen) atoms. The fourth-order valence-electron chi connectivity index (χ4n) is 3.41. The van der Waals surface area contributed by atoms with Gasteiger partial charge in [-0.25, -0.2) is 9.97 Å². The Labute approximate surface area is 143 Å². The van der Waals surface area contributed by atoms with Crippen LogP contribution in [0.1, 0.15) is 37.2 Å². The van der Waals surface area contributed by atoms with E-state index in [1.54, 1.807) is 7.11 Å². The predicted octanol–water partition coefficient (Wildman–Crippen LogP) is 2.49. The minimum absolute atomic E-state index is 0.516.